The normalized spacial score (nSPS) is 11.3. The molecule has 0 radical (unpaired) electrons. The Labute approximate surface area is 137 Å². The molecule has 0 bridgehead atoms. The van der Waals surface area contributed by atoms with Crippen LogP contribution in [0.5, 0.6) is 0 Å². The minimum atomic E-state index is -0.767. The Kier molecular flexibility index (Phi) is 9.20. The molecule has 0 aliphatic carbocycles. The highest BCUT2D eigenvalue weighted by Gasteiger charge is 2.23. The van der Waals surface area contributed by atoms with Gasteiger partial charge in [-0.05, 0) is 12.0 Å². The molecule has 5 heteroatoms. The van der Waals surface area contributed by atoms with Gasteiger partial charge in [0.25, 0.3) is 0 Å². The first-order valence-electron chi connectivity index (χ1n) is 7.92. The summed E-state index contributed by atoms with van der Waals surface area (Å²) >= 11 is 0. The monoisotopic (exact) mass is 319 g/mol. The highest BCUT2D eigenvalue weighted by Crippen LogP contribution is 2.06. The Morgan fingerprint density at radius 1 is 1.22 bits per heavy atom. The van der Waals surface area contributed by atoms with E-state index in [9.17, 15) is 9.59 Å². The van der Waals surface area contributed by atoms with E-state index < -0.39 is 18.1 Å². The molecule has 1 aromatic carbocycles. The van der Waals surface area contributed by atoms with E-state index in [1.54, 1.807) is 0 Å². The predicted octanol–water partition coefficient (Wildman–Crippen LogP) is 3.24. The summed E-state index contributed by atoms with van der Waals surface area (Å²) in [4.78, 5) is 23.9. The lowest BCUT2D eigenvalue weighted by atomic mass is 10.1. The molecule has 1 aromatic rings. The summed E-state index contributed by atoms with van der Waals surface area (Å²) < 4.78 is 10.1. The quantitative estimate of drug-likeness (QED) is 0.408. The number of unbranched alkanes of at least 4 members (excludes halogenated alkanes) is 2. The summed E-state index contributed by atoms with van der Waals surface area (Å²) in [6.07, 6.45) is 4.05. The van der Waals surface area contributed by atoms with Crippen LogP contribution >= 0.6 is 0 Å². The molecule has 1 atom stereocenters. The molecule has 0 saturated heterocycles. The third kappa shape index (κ3) is 8.04. The Bertz CT molecular complexity index is 487. The van der Waals surface area contributed by atoms with Crippen molar-refractivity contribution < 1.29 is 19.1 Å². The molecule has 0 aliphatic heterocycles. The van der Waals surface area contributed by atoms with Crippen LogP contribution in [0.25, 0.3) is 0 Å². The second-order valence-corrected chi connectivity index (χ2v) is 5.15. The van der Waals surface area contributed by atoms with Gasteiger partial charge in [0.2, 0.25) is 0 Å². The maximum atomic E-state index is 12.2. The molecular weight excluding hydrogens is 294 g/mol. The van der Waals surface area contributed by atoms with E-state index in [2.05, 4.69) is 18.8 Å². The van der Waals surface area contributed by atoms with Crippen LogP contribution in [0, 0.1) is 0 Å². The molecule has 0 aliphatic rings. The van der Waals surface area contributed by atoms with Gasteiger partial charge in [-0.3, -0.25) is 0 Å². The van der Waals surface area contributed by atoms with E-state index in [4.69, 9.17) is 9.47 Å². The van der Waals surface area contributed by atoms with Crippen LogP contribution < -0.4 is 5.32 Å². The number of hydrogen-bond acceptors (Lipinski definition) is 4. The van der Waals surface area contributed by atoms with Crippen molar-refractivity contribution in [1.29, 1.82) is 0 Å². The zero-order valence-electron chi connectivity index (χ0n) is 13.6. The Morgan fingerprint density at radius 2 is 1.96 bits per heavy atom. The maximum Gasteiger partial charge on any atom is 0.408 e. The Morgan fingerprint density at radius 3 is 2.61 bits per heavy atom. The number of ether oxygens (including phenoxy) is 2. The van der Waals surface area contributed by atoms with Gasteiger partial charge in [0.15, 0.2) is 0 Å². The van der Waals surface area contributed by atoms with Gasteiger partial charge < -0.3 is 14.8 Å². The lowest BCUT2D eigenvalue weighted by Crippen LogP contribution is -2.43. The highest BCUT2D eigenvalue weighted by atomic mass is 16.6. The molecule has 1 N–H and O–H groups in total. The van der Waals surface area contributed by atoms with Crippen LogP contribution in [0.1, 0.15) is 31.7 Å². The van der Waals surface area contributed by atoms with Crippen LogP contribution in [0.15, 0.2) is 43.0 Å². The van der Waals surface area contributed by atoms with E-state index >= 15 is 0 Å². The summed E-state index contributed by atoms with van der Waals surface area (Å²) in [5.74, 6) is -0.444. The second-order valence-electron chi connectivity index (χ2n) is 5.15. The summed E-state index contributed by atoms with van der Waals surface area (Å²) in [6.45, 7) is 6.01. The van der Waals surface area contributed by atoms with Gasteiger partial charge in [-0.25, -0.2) is 9.59 Å². The number of amides is 1. The summed E-state index contributed by atoms with van der Waals surface area (Å²) in [5, 5.41) is 2.56. The van der Waals surface area contributed by atoms with E-state index in [1.165, 1.54) is 6.08 Å². The van der Waals surface area contributed by atoms with Crippen molar-refractivity contribution in [2.24, 2.45) is 0 Å². The number of carbonyl (C=O) groups excluding carboxylic acids is 2. The number of rotatable bonds is 10. The molecule has 0 saturated carbocycles. The van der Waals surface area contributed by atoms with Crippen LogP contribution in [-0.2, 0) is 20.7 Å². The van der Waals surface area contributed by atoms with Gasteiger partial charge in [0, 0.05) is 6.42 Å². The molecule has 0 heterocycles. The Hall–Kier alpha value is -2.30. The van der Waals surface area contributed by atoms with Crippen molar-refractivity contribution in [2.45, 2.75) is 38.6 Å². The molecule has 126 valence electrons. The lowest BCUT2D eigenvalue weighted by Gasteiger charge is -2.17. The number of hydrogen-bond donors (Lipinski definition) is 1. The van der Waals surface area contributed by atoms with Gasteiger partial charge in [-0.2, -0.15) is 0 Å². The lowest BCUT2D eigenvalue weighted by molar-refractivity contribution is -0.146. The number of esters is 1. The molecule has 0 spiro atoms. The van der Waals surface area contributed by atoms with Crippen LogP contribution in [0.4, 0.5) is 4.79 Å². The van der Waals surface area contributed by atoms with Crippen molar-refractivity contribution in [3.63, 3.8) is 0 Å². The first kappa shape index (κ1) is 18.7. The van der Waals surface area contributed by atoms with Crippen LogP contribution in [-0.4, -0.2) is 31.3 Å². The number of nitrogens with one attached hydrogen (secondary N) is 1. The minimum absolute atomic E-state index is 0.0927. The molecule has 1 rings (SSSR count). The van der Waals surface area contributed by atoms with E-state index in [0.717, 1.165) is 24.8 Å². The SMILES string of the molecule is C=CCOC(=O)N[C@@H](Cc1ccccc1)C(=O)OCCCCC. The van der Waals surface area contributed by atoms with Gasteiger partial charge >= 0.3 is 12.1 Å². The van der Waals surface area contributed by atoms with Gasteiger partial charge in [-0.15, -0.1) is 0 Å². The third-order valence-corrected chi connectivity index (χ3v) is 3.18. The first-order chi connectivity index (χ1) is 11.2. The molecule has 0 aromatic heterocycles. The zero-order chi connectivity index (χ0) is 16.9. The molecule has 0 fully saturated rings. The van der Waals surface area contributed by atoms with Crippen molar-refractivity contribution in [3.05, 3.63) is 48.6 Å². The first-order valence-corrected chi connectivity index (χ1v) is 7.92. The van der Waals surface area contributed by atoms with E-state index in [0.29, 0.717) is 13.0 Å². The average Bonchev–Trinajstić information content (AvgIpc) is 2.57. The molecule has 5 nitrogen and oxygen atoms in total. The van der Waals surface area contributed by atoms with Crippen molar-refractivity contribution >= 4 is 12.1 Å². The van der Waals surface area contributed by atoms with Crippen molar-refractivity contribution in [3.8, 4) is 0 Å². The fraction of sp³-hybridized carbons (Fsp3) is 0.444. The van der Waals surface area contributed by atoms with Crippen LogP contribution in [0.3, 0.4) is 0 Å². The smallest absolute Gasteiger partial charge is 0.408 e. The number of alkyl carbamates (subject to hydrolysis) is 1. The minimum Gasteiger partial charge on any atom is -0.464 e. The molecule has 23 heavy (non-hydrogen) atoms. The fourth-order valence-corrected chi connectivity index (χ4v) is 1.99. The standard InChI is InChI=1S/C18H25NO4/c1-3-5-9-13-22-17(20)16(19-18(21)23-12-4-2)14-15-10-7-6-8-11-15/h4,6-8,10-11,16H,2-3,5,9,12-14H2,1H3,(H,19,21)/t16-/m0/s1. The van der Waals surface area contributed by atoms with Gasteiger partial charge in [-0.1, -0.05) is 62.8 Å². The van der Waals surface area contributed by atoms with Crippen molar-refractivity contribution in [2.75, 3.05) is 13.2 Å². The van der Waals surface area contributed by atoms with E-state index in [-0.39, 0.29) is 6.61 Å². The number of benzene rings is 1. The largest absolute Gasteiger partial charge is 0.464 e. The summed E-state index contributed by atoms with van der Waals surface area (Å²) in [5.41, 5.74) is 0.937. The van der Waals surface area contributed by atoms with Gasteiger partial charge in [0.05, 0.1) is 6.61 Å². The average molecular weight is 319 g/mol. The third-order valence-electron chi connectivity index (χ3n) is 3.18. The summed E-state index contributed by atoms with van der Waals surface area (Å²) in [7, 11) is 0. The molecule has 1 amide bonds. The Balaban J connectivity index is 2.61. The van der Waals surface area contributed by atoms with Gasteiger partial charge in [0.1, 0.15) is 12.6 Å². The summed E-state index contributed by atoms with van der Waals surface area (Å²) in [6, 6.07) is 8.69. The van der Waals surface area contributed by atoms with E-state index in [1.807, 2.05) is 30.3 Å². The topological polar surface area (TPSA) is 64.6 Å². The highest BCUT2D eigenvalue weighted by molar-refractivity contribution is 5.81. The second kappa shape index (κ2) is 11.3. The number of carbonyl (C=O) groups is 2. The van der Waals surface area contributed by atoms with Crippen molar-refractivity contribution in [1.82, 2.24) is 5.32 Å². The predicted molar refractivity (Wildman–Crippen MR) is 89.1 cm³/mol. The molecule has 0 unspecified atom stereocenters. The zero-order valence-corrected chi connectivity index (χ0v) is 13.6. The maximum absolute atomic E-state index is 12.2. The van der Waals surface area contributed by atoms with Crippen LogP contribution in [0.2, 0.25) is 0 Å². The fourth-order valence-electron chi connectivity index (χ4n) is 1.99. The molecular formula is C18H25NO4.